The quantitative estimate of drug-likeness (QED) is 0.597. The first-order valence-electron chi connectivity index (χ1n) is 7.88. The number of carbonyl (C=O) groups excluding carboxylic acids is 1. The SMILES string of the molecule is Cc1nc(COc2ccc(C(=O)Nc3ccc(SC(F)F)cc3)cc2)no1. The summed E-state index contributed by atoms with van der Waals surface area (Å²) < 4.78 is 35.0. The molecule has 9 heteroatoms. The van der Waals surface area contributed by atoms with Crippen LogP contribution < -0.4 is 10.1 Å². The number of hydrogen-bond acceptors (Lipinski definition) is 6. The van der Waals surface area contributed by atoms with Gasteiger partial charge in [-0.15, -0.1) is 0 Å². The summed E-state index contributed by atoms with van der Waals surface area (Å²) in [5.41, 5.74) is 0.954. The summed E-state index contributed by atoms with van der Waals surface area (Å²) in [4.78, 5) is 16.7. The molecule has 6 nitrogen and oxygen atoms in total. The maximum absolute atomic E-state index is 12.3. The molecule has 0 aliphatic heterocycles. The lowest BCUT2D eigenvalue weighted by molar-refractivity contribution is 0.102. The Hall–Kier alpha value is -2.94. The van der Waals surface area contributed by atoms with Crippen LogP contribution in [0.25, 0.3) is 0 Å². The summed E-state index contributed by atoms with van der Waals surface area (Å²) in [7, 11) is 0. The second-order valence-electron chi connectivity index (χ2n) is 5.40. The van der Waals surface area contributed by atoms with Gasteiger partial charge in [-0.05, 0) is 48.5 Å². The zero-order valence-corrected chi connectivity index (χ0v) is 15.0. The minimum Gasteiger partial charge on any atom is -0.485 e. The number of hydrogen-bond donors (Lipinski definition) is 1. The van der Waals surface area contributed by atoms with E-state index in [9.17, 15) is 13.6 Å². The van der Waals surface area contributed by atoms with E-state index in [1.165, 1.54) is 12.1 Å². The molecule has 0 saturated heterocycles. The van der Waals surface area contributed by atoms with Crippen LogP contribution >= 0.6 is 11.8 Å². The highest BCUT2D eigenvalue weighted by molar-refractivity contribution is 7.99. The van der Waals surface area contributed by atoms with E-state index in [2.05, 4.69) is 15.5 Å². The lowest BCUT2D eigenvalue weighted by atomic mass is 10.2. The monoisotopic (exact) mass is 391 g/mol. The summed E-state index contributed by atoms with van der Waals surface area (Å²) in [5, 5.41) is 6.44. The lowest BCUT2D eigenvalue weighted by Crippen LogP contribution is -2.11. The van der Waals surface area contributed by atoms with Gasteiger partial charge in [0.05, 0.1) is 0 Å². The van der Waals surface area contributed by atoms with Crippen molar-refractivity contribution >= 4 is 23.4 Å². The molecule has 0 atom stereocenters. The Labute approximate surface area is 157 Å². The van der Waals surface area contributed by atoms with E-state index < -0.39 is 5.76 Å². The Morgan fingerprint density at radius 1 is 1.19 bits per heavy atom. The van der Waals surface area contributed by atoms with Crippen molar-refractivity contribution in [2.24, 2.45) is 0 Å². The molecule has 140 valence electrons. The van der Waals surface area contributed by atoms with Crippen LogP contribution in [0.2, 0.25) is 0 Å². The molecular formula is C18H15F2N3O3S. The zero-order valence-electron chi connectivity index (χ0n) is 14.2. The van der Waals surface area contributed by atoms with Gasteiger partial charge >= 0.3 is 0 Å². The smallest absolute Gasteiger partial charge is 0.288 e. The normalized spacial score (nSPS) is 10.8. The van der Waals surface area contributed by atoms with E-state index in [1.54, 1.807) is 43.3 Å². The molecule has 3 aromatic rings. The summed E-state index contributed by atoms with van der Waals surface area (Å²) >= 11 is 0.454. The van der Waals surface area contributed by atoms with Crippen LogP contribution in [-0.4, -0.2) is 21.8 Å². The lowest BCUT2D eigenvalue weighted by Gasteiger charge is -2.08. The highest BCUT2D eigenvalue weighted by Gasteiger charge is 2.09. The van der Waals surface area contributed by atoms with Crippen molar-refractivity contribution in [1.29, 1.82) is 0 Å². The number of rotatable bonds is 7. The maximum atomic E-state index is 12.3. The third-order valence-corrected chi connectivity index (χ3v) is 4.11. The molecule has 1 amide bonds. The summed E-state index contributed by atoms with van der Waals surface area (Å²) in [5.74, 6) is -1.34. The third kappa shape index (κ3) is 5.52. The predicted octanol–water partition coefficient (Wildman–Crippen LogP) is 4.52. The van der Waals surface area contributed by atoms with Crippen LogP contribution in [0.1, 0.15) is 22.1 Å². The number of nitrogens with zero attached hydrogens (tertiary/aromatic N) is 2. The molecule has 0 fully saturated rings. The molecule has 0 radical (unpaired) electrons. The molecule has 1 heterocycles. The first-order valence-corrected chi connectivity index (χ1v) is 8.76. The fraction of sp³-hybridized carbons (Fsp3) is 0.167. The number of aromatic nitrogens is 2. The number of ether oxygens (including phenoxy) is 1. The minimum absolute atomic E-state index is 0.159. The van der Waals surface area contributed by atoms with E-state index in [0.29, 0.717) is 45.4 Å². The molecule has 2 aromatic carbocycles. The van der Waals surface area contributed by atoms with E-state index in [-0.39, 0.29) is 12.5 Å². The first-order chi connectivity index (χ1) is 13.0. The van der Waals surface area contributed by atoms with Gasteiger partial charge in [0.15, 0.2) is 6.61 Å². The standard InChI is InChI=1S/C18H15F2N3O3S/c1-11-21-16(23-26-11)10-25-14-6-2-12(3-7-14)17(24)22-13-4-8-15(9-5-13)27-18(19)20/h2-9,18H,10H2,1H3,(H,22,24). The molecular weight excluding hydrogens is 376 g/mol. The number of carbonyl (C=O) groups is 1. The van der Waals surface area contributed by atoms with Crippen LogP contribution in [0.4, 0.5) is 14.5 Å². The van der Waals surface area contributed by atoms with Crippen LogP contribution in [0, 0.1) is 6.92 Å². The second-order valence-corrected chi connectivity index (χ2v) is 6.46. The largest absolute Gasteiger partial charge is 0.485 e. The van der Waals surface area contributed by atoms with E-state index >= 15 is 0 Å². The number of anilines is 1. The van der Waals surface area contributed by atoms with Crippen LogP contribution in [-0.2, 0) is 6.61 Å². The van der Waals surface area contributed by atoms with Gasteiger partial charge in [-0.25, -0.2) is 0 Å². The van der Waals surface area contributed by atoms with Crippen molar-refractivity contribution in [3.63, 3.8) is 0 Å². The number of halogens is 2. The second kappa shape index (κ2) is 8.63. The number of thioether (sulfide) groups is 1. The van der Waals surface area contributed by atoms with Gasteiger partial charge in [0.2, 0.25) is 11.7 Å². The Kier molecular flexibility index (Phi) is 6.02. The molecule has 0 aliphatic carbocycles. The first kappa shape index (κ1) is 18.8. The number of benzene rings is 2. The van der Waals surface area contributed by atoms with E-state index in [0.717, 1.165) is 0 Å². The summed E-state index contributed by atoms with van der Waals surface area (Å²) in [6.45, 7) is 1.85. The average molecular weight is 391 g/mol. The van der Waals surface area contributed by atoms with Crippen molar-refractivity contribution in [3.8, 4) is 5.75 Å². The fourth-order valence-electron chi connectivity index (χ4n) is 2.17. The van der Waals surface area contributed by atoms with Gasteiger partial charge in [0, 0.05) is 23.1 Å². The molecule has 0 saturated carbocycles. The number of amides is 1. The van der Waals surface area contributed by atoms with Gasteiger partial charge in [-0.2, -0.15) is 13.8 Å². The van der Waals surface area contributed by atoms with Gasteiger partial charge in [-0.1, -0.05) is 16.9 Å². The molecule has 0 unspecified atom stereocenters. The molecule has 0 spiro atoms. The number of nitrogens with one attached hydrogen (secondary N) is 1. The Bertz CT molecular complexity index is 899. The third-order valence-electron chi connectivity index (χ3n) is 3.39. The van der Waals surface area contributed by atoms with Crippen LogP contribution in [0.3, 0.4) is 0 Å². The van der Waals surface area contributed by atoms with E-state index in [1.807, 2.05) is 0 Å². The van der Waals surface area contributed by atoms with Gasteiger partial charge in [0.1, 0.15) is 5.75 Å². The van der Waals surface area contributed by atoms with Crippen molar-refractivity contribution in [2.75, 3.05) is 5.32 Å². The summed E-state index contributed by atoms with van der Waals surface area (Å²) in [6.07, 6.45) is 0. The van der Waals surface area contributed by atoms with Gasteiger partial charge in [0.25, 0.3) is 11.7 Å². The van der Waals surface area contributed by atoms with Gasteiger partial charge < -0.3 is 14.6 Å². The molecule has 1 aromatic heterocycles. The van der Waals surface area contributed by atoms with Crippen molar-refractivity contribution in [2.45, 2.75) is 24.2 Å². The molecule has 27 heavy (non-hydrogen) atoms. The zero-order chi connectivity index (χ0) is 19.2. The Balaban J connectivity index is 1.55. The topological polar surface area (TPSA) is 77.2 Å². The number of aryl methyl sites for hydroxylation is 1. The highest BCUT2D eigenvalue weighted by Crippen LogP contribution is 2.26. The predicted molar refractivity (Wildman–Crippen MR) is 96.1 cm³/mol. The van der Waals surface area contributed by atoms with Crippen molar-refractivity contribution in [1.82, 2.24) is 10.1 Å². The van der Waals surface area contributed by atoms with Crippen molar-refractivity contribution in [3.05, 3.63) is 65.8 Å². The fourth-order valence-corrected chi connectivity index (χ4v) is 2.67. The van der Waals surface area contributed by atoms with Crippen LogP contribution in [0.15, 0.2) is 57.9 Å². The van der Waals surface area contributed by atoms with Crippen molar-refractivity contribution < 1.29 is 22.8 Å². The summed E-state index contributed by atoms with van der Waals surface area (Å²) in [6, 6.07) is 12.8. The highest BCUT2D eigenvalue weighted by atomic mass is 32.2. The van der Waals surface area contributed by atoms with Gasteiger partial charge in [-0.3, -0.25) is 4.79 Å². The molecule has 0 aliphatic rings. The molecule has 1 N–H and O–H groups in total. The Morgan fingerprint density at radius 2 is 1.89 bits per heavy atom. The minimum atomic E-state index is -2.48. The average Bonchev–Trinajstić information content (AvgIpc) is 3.07. The van der Waals surface area contributed by atoms with Crippen LogP contribution in [0.5, 0.6) is 5.75 Å². The number of alkyl halides is 2. The molecule has 3 rings (SSSR count). The Morgan fingerprint density at radius 3 is 2.48 bits per heavy atom. The maximum Gasteiger partial charge on any atom is 0.288 e. The van der Waals surface area contributed by atoms with E-state index in [4.69, 9.17) is 9.26 Å². The molecule has 0 bridgehead atoms.